The van der Waals surface area contributed by atoms with E-state index in [1.165, 1.54) is 12.1 Å². The monoisotopic (exact) mass is 227 g/mol. The molecule has 0 aromatic heterocycles. The van der Waals surface area contributed by atoms with Gasteiger partial charge in [0.1, 0.15) is 11.6 Å². The first-order chi connectivity index (χ1) is 7.76. The van der Waals surface area contributed by atoms with Crippen LogP contribution in [0.3, 0.4) is 0 Å². The minimum atomic E-state index is -0.262. The van der Waals surface area contributed by atoms with Gasteiger partial charge in [0.15, 0.2) is 0 Å². The molecule has 1 aromatic rings. The highest BCUT2D eigenvalue weighted by molar-refractivity contribution is 5.21. The predicted octanol–water partition coefficient (Wildman–Crippen LogP) is 1.82. The van der Waals surface area contributed by atoms with Gasteiger partial charge in [-0.15, -0.1) is 0 Å². The molecule has 3 nitrogen and oxygen atoms in total. The fourth-order valence-electron chi connectivity index (χ4n) is 1.30. The van der Waals surface area contributed by atoms with Crippen molar-refractivity contribution in [1.29, 1.82) is 0 Å². The van der Waals surface area contributed by atoms with Crippen LogP contribution in [0.25, 0.3) is 0 Å². The summed E-state index contributed by atoms with van der Waals surface area (Å²) in [6.07, 6.45) is 0.869. The molecule has 1 rings (SSSR count). The second-order valence-electron chi connectivity index (χ2n) is 3.65. The fraction of sp³-hybridized carbons (Fsp3) is 0.500. The molecule has 16 heavy (non-hydrogen) atoms. The van der Waals surface area contributed by atoms with Gasteiger partial charge in [-0.2, -0.15) is 0 Å². The number of rotatable bonds is 7. The molecule has 1 unspecified atom stereocenters. The normalized spacial score (nSPS) is 12.4. The molecule has 90 valence electrons. The topological polar surface area (TPSA) is 44.5 Å². The first-order valence-corrected chi connectivity index (χ1v) is 5.33. The molecule has 0 aliphatic rings. The number of nitrogens with two attached hydrogens (primary N) is 1. The zero-order chi connectivity index (χ0) is 11.8. The van der Waals surface area contributed by atoms with Crippen LogP contribution in [0.2, 0.25) is 0 Å². The zero-order valence-corrected chi connectivity index (χ0v) is 9.49. The molecule has 0 radical (unpaired) electrons. The van der Waals surface area contributed by atoms with Crippen molar-refractivity contribution in [2.45, 2.75) is 6.42 Å². The van der Waals surface area contributed by atoms with Gasteiger partial charge in [-0.3, -0.25) is 0 Å². The second-order valence-corrected chi connectivity index (χ2v) is 3.65. The van der Waals surface area contributed by atoms with Crippen LogP contribution in [0.5, 0.6) is 5.75 Å². The highest BCUT2D eigenvalue weighted by Gasteiger charge is 2.07. The summed E-state index contributed by atoms with van der Waals surface area (Å²) in [5, 5.41) is 0. The van der Waals surface area contributed by atoms with Crippen LogP contribution >= 0.6 is 0 Å². The Morgan fingerprint density at radius 2 is 2.00 bits per heavy atom. The van der Waals surface area contributed by atoms with Crippen molar-refractivity contribution in [3.63, 3.8) is 0 Å². The van der Waals surface area contributed by atoms with E-state index in [-0.39, 0.29) is 11.7 Å². The molecule has 0 aliphatic heterocycles. The lowest BCUT2D eigenvalue weighted by Crippen LogP contribution is -2.22. The van der Waals surface area contributed by atoms with Crippen molar-refractivity contribution < 1.29 is 13.9 Å². The maximum atomic E-state index is 12.6. The van der Waals surface area contributed by atoms with Crippen LogP contribution in [0, 0.1) is 11.7 Å². The Hall–Kier alpha value is -1.13. The van der Waals surface area contributed by atoms with Crippen LogP contribution in [-0.4, -0.2) is 26.9 Å². The third kappa shape index (κ3) is 4.59. The van der Waals surface area contributed by atoms with Crippen molar-refractivity contribution in [2.75, 3.05) is 26.9 Å². The Bertz CT molecular complexity index is 290. The lowest BCUT2D eigenvalue weighted by atomic mass is 10.1. The van der Waals surface area contributed by atoms with E-state index in [9.17, 15) is 4.39 Å². The van der Waals surface area contributed by atoms with Gasteiger partial charge in [-0.25, -0.2) is 4.39 Å². The third-order valence-corrected chi connectivity index (χ3v) is 2.36. The Morgan fingerprint density at radius 3 is 2.56 bits per heavy atom. The van der Waals surface area contributed by atoms with E-state index < -0.39 is 0 Å². The van der Waals surface area contributed by atoms with E-state index in [0.717, 1.165) is 6.42 Å². The van der Waals surface area contributed by atoms with Crippen LogP contribution in [-0.2, 0) is 4.74 Å². The van der Waals surface area contributed by atoms with Gasteiger partial charge < -0.3 is 15.2 Å². The molecule has 0 fully saturated rings. The van der Waals surface area contributed by atoms with Crippen molar-refractivity contribution >= 4 is 0 Å². The number of hydrogen-bond acceptors (Lipinski definition) is 3. The van der Waals surface area contributed by atoms with E-state index in [1.54, 1.807) is 19.2 Å². The smallest absolute Gasteiger partial charge is 0.123 e. The zero-order valence-electron chi connectivity index (χ0n) is 9.49. The van der Waals surface area contributed by atoms with Crippen LogP contribution < -0.4 is 10.5 Å². The summed E-state index contributed by atoms with van der Waals surface area (Å²) in [5.74, 6) is 0.671. The SMILES string of the molecule is COCCC(CN)COc1ccc(F)cc1. The number of hydrogen-bond donors (Lipinski definition) is 1. The summed E-state index contributed by atoms with van der Waals surface area (Å²) >= 11 is 0. The molecule has 0 bridgehead atoms. The van der Waals surface area contributed by atoms with Gasteiger partial charge in [-0.1, -0.05) is 0 Å². The molecule has 2 N–H and O–H groups in total. The Kier molecular flexibility index (Phi) is 5.82. The first kappa shape index (κ1) is 12.9. The number of methoxy groups -OCH3 is 1. The van der Waals surface area contributed by atoms with Crippen LogP contribution in [0.1, 0.15) is 6.42 Å². The van der Waals surface area contributed by atoms with E-state index in [4.69, 9.17) is 15.2 Å². The fourth-order valence-corrected chi connectivity index (χ4v) is 1.30. The average molecular weight is 227 g/mol. The summed E-state index contributed by atoms with van der Waals surface area (Å²) in [5.41, 5.74) is 5.61. The third-order valence-electron chi connectivity index (χ3n) is 2.36. The first-order valence-electron chi connectivity index (χ1n) is 5.33. The van der Waals surface area contributed by atoms with Crippen molar-refractivity contribution in [3.05, 3.63) is 30.1 Å². The molecular formula is C12H18FNO2. The van der Waals surface area contributed by atoms with Gasteiger partial charge in [-0.05, 0) is 37.2 Å². The molecule has 1 aromatic carbocycles. The molecule has 0 amide bonds. The maximum Gasteiger partial charge on any atom is 0.123 e. The van der Waals surface area contributed by atoms with E-state index in [0.29, 0.717) is 25.5 Å². The molecular weight excluding hydrogens is 209 g/mol. The Balaban J connectivity index is 2.34. The van der Waals surface area contributed by atoms with E-state index in [2.05, 4.69) is 0 Å². The molecule has 1 atom stereocenters. The minimum absolute atomic E-state index is 0.262. The average Bonchev–Trinajstić information content (AvgIpc) is 2.32. The van der Waals surface area contributed by atoms with Crippen LogP contribution in [0.4, 0.5) is 4.39 Å². The highest BCUT2D eigenvalue weighted by Crippen LogP contribution is 2.13. The largest absolute Gasteiger partial charge is 0.493 e. The van der Waals surface area contributed by atoms with E-state index >= 15 is 0 Å². The molecule has 0 spiro atoms. The van der Waals surface area contributed by atoms with Gasteiger partial charge in [0.25, 0.3) is 0 Å². The molecule has 0 saturated carbocycles. The summed E-state index contributed by atoms with van der Waals surface area (Å²) in [6, 6.07) is 5.97. The summed E-state index contributed by atoms with van der Waals surface area (Å²) in [6.45, 7) is 1.77. The number of halogens is 1. The summed E-state index contributed by atoms with van der Waals surface area (Å²) in [4.78, 5) is 0. The highest BCUT2D eigenvalue weighted by atomic mass is 19.1. The minimum Gasteiger partial charge on any atom is -0.493 e. The Morgan fingerprint density at radius 1 is 1.31 bits per heavy atom. The number of benzene rings is 1. The molecule has 0 aliphatic carbocycles. The second kappa shape index (κ2) is 7.19. The summed E-state index contributed by atoms with van der Waals surface area (Å²) < 4.78 is 23.1. The standard InChI is InChI=1S/C12H18FNO2/c1-15-7-6-10(8-14)9-16-12-4-2-11(13)3-5-12/h2-5,10H,6-9,14H2,1H3. The molecule has 0 saturated heterocycles. The van der Waals surface area contributed by atoms with Crippen molar-refractivity contribution in [3.8, 4) is 5.75 Å². The summed E-state index contributed by atoms with van der Waals surface area (Å²) in [7, 11) is 1.66. The van der Waals surface area contributed by atoms with Crippen molar-refractivity contribution in [2.24, 2.45) is 11.7 Å². The number of ether oxygens (including phenoxy) is 2. The lowest BCUT2D eigenvalue weighted by molar-refractivity contribution is 0.157. The van der Waals surface area contributed by atoms with Gasteiger partial charge >= 0.3 is 0 Å². The van der Waals surface area contributed by atoms with Crippen LogP contribution in [0.15, 0.2) is 24.3 Å². The van der Waals surface area contributed by atoms with Gasteiger partial charge in [0, 0.05) is 19.6 Å². The quantitative estimate of drug-likeness (QED) is 0.772. The van der Waals surface area contributed by atoms with Gasteiger partial charge in [0.2, 0.25) is 0 Å². The lowest BCUT2D eigenvalue weighted by Gasteiger charge is -2.15. The maximum absolute atomic E-state index is 12.6. The predicted molar refractivity (Wildman–Crippen MR) is 60.9 cm³/mol. The molecule has 4 heteroatoms. The van der Waals surface area contributed by atoms with Crippen molar-refractivity contribution in [1.82, 2.24) is 0 Å². The van der Waals surface area contributed by atoms with Gasteiger partial charge in [0.05, 0.1) is 6.61 Å². The van der Waals surface area contributed by atoms with E-state index in [1.807, 2.05) is 0 Å². The Labute approximate surface area is 95.4 Å². The molecule has 0 heterocycles.